The number of hydrogen-bond donors (Lipinski definition) is 1. The minimum atomic E-state index is -3.80. The molecule has 37 heavy (non-hydrogen) atoms. The maximum atomic E-state index is 13.4. The molecule has 0 fully saturated rings. The molecule has 11 heteroatoms. The second-order valence-corrected chi connectivity index (χ2v) is 8.17. The van der Waals surface area contributed by atoms with E-state index in [-0.39, 0.29) is 34.9 Å². The second kappa shape index (κ2) is 8.91. The summed E-state index contributed by atoms with van der Waals surface area (Å²) in [6, 6.07) is 16.9. The molecule has 186 valence electrons. The van der Waals surface area contributed by atoms with Crippen LogP contribution in [0.15, 0.2) is 65.5 Å². The number of rotatable bonds is 5. The average molecular weight is 504 g/mol. The molecule has 0 saturated heterocycles. The smallest absolute Gasteiger partial charge is 0.508 e. The highest BCUT2D eigenvalue weighted by molar-refractivity contribution is 5.96. The number of benzene rings is 3. The Labute approximate surface area is 208 Å². The van der Waals surface area contributed by atoms with Crippen LogP contribution in [0.1, 0.15) is 12.5 Å². The number of fused-ring (bicyclic) bond motifs is 2. The van der Waals surface area contributed by atoms with Gasteiger partial charge in [0.2, 0.25) is 5.91 Å². The molecule has 9 nitrogen and oxygen atoms in total. The molecule has 1 N–H and O–H groups in total. The van der Waals surface area contributed by atoms with Crippen LogP contribution in [-0.2, 0) is 11.3 Å². The lowest BCUT2D eigenvalue weighted by molar-refractivity contribution is -0.286. The van der Waals surface area contributed by atoms with Gasteiger partial charge in [-0.1, -0.05) is 12.1 Å². The Bertz CT molecular complexity index is 1660. The number of aromatic hydroxyl groups is 1. The summed E-state index contributed by atoms with van der Waals surface area (Å²) in [6.07, 6.45) is -3.80. The predicted octanol–water partition coefficient (Wildman–Crippen LogP) is 4.02. The molecule has 0 radical (unpaired) electrons. The first kappa shape index (κ1) is 23.7. The van der Waals surface area contributed by atoms with Crippen molar-refractivity contribution in [2.75, 3.05) is 11.4 Å². The number of nitriles is 1. The van der Waals surface area contributed by atoms with Gasteiger partial charge in [0.25, 0.3) is 5.56 Å². The standard InChI is InChI=1S/C26H18F2N4O5/c1-2-31(17-6-9-21-22(11-17)37-26(27,28)36-21)23(34)14-32-25(35)20-12-18(33)7-8-19(20)24(30-32)16-5-3-4-15(10-16)13-29/h3-12,33H,2,14H2,1H3. The zero-order chi connectivity index (χ0) is 26.3. The number of alkyl halides is 2. The topological polar surface area (TPSA) is 118 Å². The first-order valence-electron chi connectivity index (χ1n) is 11.1. The second-order valence-electron chi connectivity index (χ2n) is 8.17. The van der Waals surface area contributed by atoms with Gasteiger partial charge in [-0.3, -0.25) is 9.59 Å². The van der Waals surface area contributed by atoms with Gasteiger partial charge in [-0.2, -0.15) is 10.4 Å². The minimum Gasteiger partial charge on any atom is -0.508 e. The summed E-state index contributed by atoms with van der Waals surface area (Å²) in [5.74, 6) is -1.06. The number of aromatic nitrogens is 2. The van der Waals surface area contributed by atoms with Gasteiger partial charge >= 0.3 is 6.29 Å². The number of ether oxygens (including phenoxy) is 2. The number of hydrogen-bond acceptors (Lipinski definition) is 7. The van der Waals surface area contributed by atoms with Crippen LogP contribution < -0.4 is 19.9 Å². The molecule has 0 unspecified atom stereocenters. The van der Waals surface area contributed by atoms with Crippen molar-refractivity contribution >= 4 is 22.4 Å². The van der Waals surface area contributed by atoms with Crippen LogP contribution in [0.3, 0.4) is 0 Å². The van der Waals surface area contributed by atoms with E-state index in [0.717, 1.165) is 4.68 Å². The van der Waals surface area contributed by atoms with Crippen LogP contribution in [0, 0.1) is 11.3 Å². The third-order valence-corrected chi connectivity index (χ3v) is 5.81. The Kier molecular flexibility index (Phi) is 5.72. The number of phenolic OH excluding ortho intramolecular Hbond substituents is 1. The molecule has 1 aromatic heterocycles. The first-order chi connectivity index (χ1) is 17.7. The van der Waals surface area contributed by atoms with Crippen LogP contribution >= 0.6 is 0 Å². The number of carbonyl (C=O) groups excluding carboxylic acids is 1. The van der Waals surface area contributed by atoms with Crippen molar-refractivity contribution < 1.29 is 28.2 Å². The number of anilines is 1. The van der Waals surface area contributed by atoms with E-state index in [4.69, 9.17) is 0 Å². The van der Waals surface area contributed by atoms with E-state index in [1.165, 1.54) is 35.2 Å². The quantitative estimate of drug-likeness (QED) is 0.436. The SMILES string of the molecule is CCN(C(=O)Cn1nc(-c2cccc(C#N)c2)c2ccc(O)cc2c1=O)c1ccc2c(c1)OC(F)(F)O2. The zero-order valence-corrected chi connectivity index (χ0v) is 19.3. The van der Waals surface area contributed by atoms with Crippen molar-refractivity contribution in [2.45, 2.75) is 19.8 Å². The van der Waals surface area contributed by atoms with E-state index in [2.05, 4.69) is 20.6 Å². The molecule has 1 aliphatic rings. The molecule has 0 aliphatic carbocycles. The summed E-state index contributed by atoms with van der Waals surface area (Å²) in [5, 5.41) is 24.3. The van der Waals surface area contributed by atoms with Crippen LogP contribution in [0.25, 0.3) is 22.0 Å². The van der Waals surface area contributed by atoms with Crippen LogP contribution in [0.5, 0.6) is 17.2 Å². The van der Waals surface area contributed by atoms with Gasteiger partial charge in [0.1, 0.15) is 12.3 Å². The Hall–Kier alpha value is -4.98. The molecule has 4 aromatic rings. The van der Waals surface area contributed by atoms with E-state index >= 15 is 0 Å². The molecule has 2 heterocycles. The van der Waals surface area contributed by atoms with Gasteiger partial charge in [-0.05, 0) is 49.4 Å². The summed E-state index contributed by atoms with van der Waals surface area (Å²) >= 11 is 0. The Morgan fingerprint density at radius 2 is 1.89 bits per heavy atom. The molecular formula is C26H18F2N4O5. The highest BCUT2D eigenvalue weighted by atomic mass is 19.3. The van der Waals surface area contributed by atoms with E-state index in [9.17, 15) is 28.7 Å². The van der Waals surface area contributed by atoms with E-state index in [1.54, 1.807) is 37.3 Å². The first-order valence-corrected chi connectivity index (χ1v) is 11.1. The average Bonchev–Trinajstić information content (AvgIpc) is 3.19. The van der Waals surface area contributed by atoms with Gasteiger partial charge in [0.05, 0.1) is 22.7 Å². The number of likely N-dealkylation sites (N-methyl/N-ethyl adjacent to an activating group) is 1. The van der Waals surface area contributed by atoms with Crippen LogP contribution in [0.2, 0.25) is 0 Å². The third-order valence-electron chi connectivity index (χ3n) is 5.81. The maximum absolute atomic E-state index is 13.4. The van der Waals surface area contributed by atoms with E-state index in [0.29, 0.717) is 22.2 Å². The van der Waals surface area contributed by atoms with E-state index in [1.807, 2.05) is 0 Å². The number of carbonyl (C=O) groups is 1. The molecular weight excluding hydrogens is 486 g/mol. The molecule has 0 saturated carbocycles. The normalized spacial score (nSPS) is 13.4. The zero-order valence-electron chi connectivity index (χ0n) is 19.3. The fraction of sp³-hybridized carbons (Fsp3) is 0.154. The number of amides is 1. The highest BCUT2D eigenvalue weighted by Crippen LogP contribution is 2.42. The van der Waals surface area contributed by atoms with Gasteiger partial charge in [0.15, 0.2) is 11.5 Å². The Morgan fingerprint density at radius 1 is 1.11 bits per heavy atom. The lowest BCUT2D eigenvalue weighted by Crippen LogP contribution is -2.37. The monoisotopic (exact) mass is 504 g/mol. The fourth-order valence-electron chi connectivity index (χ4n) is 4.15. The number of halogens is 2. The summed E-state index contributed by atoms with van der Waals surface area (Å²) < 4.78 is 36.7. The van der Waals surface area contributed by atoms with Crippen molar-refractivity contribution in [2.24, 2.45) is 0 Å². The lowest BCUT2D eigenvalue weighted by atomic mass is 10.0. The molecule has 0 spiro atoms. The van der Waals surface area contributed by atoms with Crippen molar-refractivity contribution in [1.29, 1.82) is 5.26 Å². The lowest BCUT2D eigenvalue weighted by Gasteiger charge is -2.22. The molecule has 0 bridgehead atoms. The van der Waals surface area contributed by atoms with Crippen molar-refractivity contribution in [3.05, 3.63) is 76.6 Å². The summed E-state index contributed by atoms with van der Waals surface area (Å²) in [4.78, 5) is 27.8. The van der Waals surface area contributed by atoms with Crippen LogP contribution in [0.4, 0.5) is 14.5 Å². The van der Waals surface area contributed by atoms with Gasteiger partial charge in [-0.25, -0.2) is 4.68 Å². The van der Waals surface area contributed by atoms with E-state index < -0.39 is 24.3 Å². The molecule has 1 aliphatic heterocycles. The molecule has 5 rings (SSSR count). The van der Waals surface area contributed by atoms with Gasteiger partial charge in [0, 0.05) is 29.2 Å². The summed E-state index contributed by atoms with van der Waals surface area (Å²) in [5.41, 5.74) is 0.917. The Morgan fingerprint density at radius 3 is 2.65 bits per heavy atom. The molecule has 1 amide bonds. The third kappa shape index (κ3) is 4.40. The maximum Gasteiger partial charge on any atom is 0.586 e. The van der Waals surface area contributed by atoms with Crippen molar-refractivity contribution in [3.63, 3.8) is 0 Å². The largest absolute Gasteiger partial charge is 0.586 e. The summed E-state index contributed by atoms with van der Waals surface area (Å²) in [7, 11) is 0. The number of nitrogens with zero attached hydrogens (tertiary/aromatic N) is 4. The van der Waals surface area contributed by atoms with Crippen LogP contribution in [-0.4, -0.2) is 33.6 Å². The van der Waals surface area contributed by atoms with Gasteiger partial charge in [-0.15, -0.1) is 8.78 Å². The van der Waals surface area contributed by atoms with Crippen molar-refractivity contribution in [1.82, 2.24) is 9.78 Å². The van der Waals surface area contributed by atoms with Crippen molar-refractivity contribution in [3.8, 4) is 34.6 Å². The molecule has 0 atom stereocenters. The Balaban J connectivity index is 1.55. The minimum absolute atomic E-state index is 0.133. The number of phenols is 1. The van der Waals surface area contributed by atoms with Gasteiger partial charge < -0.3 is 19.5 Å². The summed E-state index contributed by atoms with van der Waals surface area (Å²) in [6.45, 7) is 1.37. The highest BCUT2D eigenvalue weighted by Gasteiger charge is 2.43. The predicted molar refractivity (Wildman–Crippen MR) is 128 cm³/mol. The molecule has 3 aromatic carbocycles. The fourth-order valence-corrected chi connectivity index (χ4v) is 4.15.